The van der Waals surface area contributed by atoms with E-state index < -0.39 is 23.7 Å². The maximum Gasteiger partial charge on any atom is 0.490 e. The molecule has 0 aliphatic carbocycles. The predicted molar refractivity (Wildman–Crippen MR) is 90.3 cm³/mol. The van der Waals surface area contributed by atoms with E-state index in [4.69, 9.17) is 21.5 Å². The smallest absolute Gasteiger partial charge is 0.475 e. The Kier molecular flexibility index (Phi) is 11.2. The van der Waals surface area contributed by atoms with Gasteiger partial charge in [0.25, 0.3) is 11.5 Å². The molecule has 0 bridgehead atoms. The first-order valence-electron chi connectivity index (χ1n) is 6.58. The van der Waals surface area contributed by atoms with Crippen molar-refractivity contribution in [3.63, 3.8) is 0 Å². The first kappa shape index (κ1) is 25.5. The minimum Gasteiger partial charge on any atom is -0.475 e. The highest BCUT2D eigenvalue weighted by Crippen LogP contribution is 2.20. The van der Waals surface area contributed by atoms with Crippen LogP contribution in [0.15, 0.2) is 24.3 Å². The summed E-state index contributed by atoms with van der Waals surface area (Å²) in [6, 6.07) is 7.52. The molecule has 25 heavy (non-hydrogen) atoms. The minimum absolute atomic E-state index is 0. The molecular formula is C14H18Cl2F4N2O3. The quantitative estimate of drug-likeness (QED) is 0.582. The normalized spacial score (nSPS) is 11.6. The van der Waals surface area contributed by atoms with Crippen LogP contribution in [-0.4, -0.2) is 41.9 Å². The van der Waals surface area contributed by atoms with E-state index in [1.54, 1.807) is 18.2 Å². The molecule has 1 aromatic rings. The fourth-order valence-corrected chi connectivity index (χ4v) is 1.35. The van der Waals surface area contributed by atoms with Crippen LogP contribution in [0.1, 0.15) is 13.8 Å². The monoisotopic (exact) mass is 408 g/mol. The Balaban J connectivity index is 0. The lowest BCUT2D eigenvalue weighted by atomic mass is 10.2. The van der Waals surface area contributed by atoms with Gasteiger partial charge in [-0.2, -0.15) is 13.2 Å². The van der Waals surface area contributed by atoms with Crippen molar-refractivity contribution in [2.75, 3.05) is 17.3 Å². The summed E-state index contributed by atoms with van der Waals surface area (Å²) >= 11 is 5.04. The van der Waals surface area contributed by atoms with Gasteiger partial charge in [-0.05, 0) is 32.0 Å². The summed E-state index contributed by atoms with van der Waals surface area (Å²) in [6.45, 7) is 4.11. The fraction of sp³-hybridized carbons (Fsp3) is 0.429. The predicted octanol–water partition coefficient (Wildman–Crippen LogP) is 4.06. The average molecular weight is 409 g/mol. The van der Waals surface area contributed by atoms with E-state index >= 15 is 0 Å². The third-order valence-electron chi connectivity index (χ3n) is 2.74. The topological polar surface area (TPSA) is 69.6 Å². The maximum absolute atomic E-state index is 12.5. The molecule has 2 N–H and O–H groups in total. The number of carboxylic acids is 1. The van der Waals surface area contributed by atoms with Crippen LogP contribution < -0.4 is 10.2 Å². The van der Waals surface area contributed by atoms with Gasteiger partial charge in [0, 0.05) is 24.5 Å². The zero-order valence-corrected chi connectivity index (χ0v) is 15.0. The molecule has 0 saturated heterocycles. The molecule has 5 nitrogen and oxygen atoms in total. The molecule has 1 rings (SSSR count). The number of anilines is 2. The van der Waals surface area contributed by atoms with E-state index in [0.29, 0.717) is 11.7 Å². The summed E-state index contributed by atoms with van der Waals surface area (Å²) in [5.74, 6) is -3.61. The largest absolute Gasteiger partial charge is 0.490 e. The molecule has 0 aliphatic rings. The third-order valence-corrected chi connectivity index (χ3v) is 2.93. The molecule has 0 fully saturated rings. The molecule has 0 aliphatic heterocycles. The minimum atomic E-state index is -5.08. The third kappa shape index (κ3) is 9.98. The van der Waals surface area contributed by atoms with Crippen LogP contribution in [0.4, 0.5) is 28.9 Å². The second kappa shape index (κ2) is 11.0. The number of carbonyl (C=O) groups excluding carboxylic acids is 1. The molecule has 1 atom stereocenters. The highest BCUT2D eigenvalue weighted by Gasteiger charge is 2.38. The van der Waals surface area contributed by atoms with Crippen molar-refractivity contribution < 1.29 is 32.3 Å². The van der Waals surface area contributed by atoms with Gasteiger partial charge < -0.3 is 15.3 Å². The molecule has 144 valence electrons. The van der Waals surface area contributed by atoms with E-state index in [2.05, 4.69) is 19.2 Å². The van der Waals surface area contributed by atoms with Crippen LogP contribution in [0.2, 0.25) is 0 Å². The van der Waals surface area contributed by atoms with Gasteiger partial charge in [0.1, 0.15) is 0 Å². The molecule has 1 aromatic carbocycles. The summed E-state index contributed by atoms with van der Waals surface area (Å²) < 4.78 is 44.2. The van der Waals surface area contributed by atoms with Crippen molar-refractivity contribution >= 4 is 47.3 Å². The number of nitrogens with zero attached hydrogens (tertiary/aromatic N) is 1. The average Bonchev–Trinajstić information content (AvgIpc) is 2.46. The number of aliphatic carboxylic acids is 1. The maximum atomic E-state index is 12.5. The van der Waals surface area contributed by atoms with Gasteiger partial charge >= 0.3 is 12.1 Å². The lowest BCUT2D eigenvalue weighted by molar-refractivity contribution is -0.192. The van der Waals surface area contributed by atoms with E-state index in [-0.39, 0.29) is 12.4 Å². The Morgan fingerprint density at radius 1 is 1.28 bits per heavy atom. The van der Waals surface area contributed by atoms with Gasteiger partial charge in [-0.15, -0.1) is 12.4 Å². The SMILES string of the molecule is CC(C)N(C)c1cccc(NC(=O)C(F)Cl)c1.Cl.O=C(O)C(F)(F)F. The lowest BCUT2D eigenvalue weighted by Gasteiger charge is -2.24. The number of amides is 1. The Hall–Kier alpha value is -1.74. The molecule has 0 heterocycles. The summed E-state index contributed by atoms with van der Waals surface area (Å²) in [7, 11) is 1.95. The summed E-state index contributed by atoms with van der Waals surface area (Å²) in [4.78, 5) is 22.0. The molecule has 1 unspecified atom stereocenters. The van der Waals surface area contributed by atoms with E-state index in [1.165, 1.54) is 0 Å². The molecule has 1 amide bonds. The summed E-state index contributed by atoms with van der Waals surface area (Å²) in [5, 5.41) is 9.53. The summed E-state index contributed by atoms with van der Waals surface area (Å²) in [5.41, 5.74) is -0.549. The number of nitrogens with one attached hydrogen (secondary N) is 1. The zero-order chi connectivity index (χ0) is 19.1. The fourth-order valence-electron chi connectivity index (χ4n) is 1.30. The van der Waals surface area contributed by atoms with Crippen LogP contribution in [0, 0.1) is 0 Å². The van der Waals surface area contributed by atoms with Crippen molar-refractivity contribution in [2.24, 2.45) is 0 Å². The van der Waals surface area contributed by atoms with Gasteiger partial charge in [0.15, 0.2) is 0 Å². The Bertz CT molecular complexity index is 569. The van der Waals surface area contributed by atoms with Gasteiger partial charge in [-0.1, -0.05) is 17.7 Å². The lowest BCUT2D eigenvalue weighted by Crippen LogP contribution is -2.26. The molecule has 11 heteroatoms. The Morgan fingerprint density at radius 2 is 1.76 bits per heavy atom. The number of hydrogen-bond acceptors (Lipinski definition) is 3. The van der Waals surface area contributed by atoms with Crippen LogP contribution in [0.3, 0.4) is 0 Å². The van der Waals surface area contributed by atoms with Crippen LogP contribution in [0.25, 0.3) is 0 Å². The number of halogens is 6. The molecular weight excluding hydrogens is 391 g/mol. The molecule has 0 saturated carbocycles. The highest BCUT2D eigenvalue weighted by atomic mass is 35.5. The number of carbonyl (C=O) groups is 2. The Morgan fingerprint density at radius 3 is 2.12 bits per heavy atom. The first-order valence-corrected chi connectivity index (χ1v) is 7.02. The van der Waals surface area contributed by atoms with E-state index in [9.17, 15) is 22.4 Å². The van der Waals surface area contributed by atoms with Crippen molar-refractivity contribution in [1.82, 2.24) is 0 Å². The van der Waals surface area contributed by atoms with E-state index in [0.717, 1.165) is 5.69 Å². The Labute approximate surface area is 153 Å². The van der Waals surface area contributed by atoms with Crippen molar-refractivity contribution in [3.8, 4) is 0 Å². The summed E-state index contributed by atoms with van der Waals surface area (Å²) in [6.07, 6.45) is -5.08. The number of hydrogen-bond donors (Lipinski definition) is 2. The number of carboxylic acid groups (broad SMARTS) is 1. The van der Waals surface area contributed by atoms with Crippen LogP contribution in [0.5, 0.6) is 0 Å². The van der Waals surface area contributed by atoms with Gasteiger partial charge in [0.05, 0.1) is 0 Å². The zero-order valence-electron chi connectivity index (χ0n) is 13.5. The first-order chi connectivity index (χ1) is 10.9. The highest BCUT2D eigenvalue weighted by molar-refractivity contribution is 6.31. The van der Waals surface area contributed by atoms with Crippen molar-refractivity contribution in [1.29, 1.82) is 0 Å². The van der Waals surface area contributed by atoms with Crippen molar-refractivity contribution in [3.05, 3.63) is 24.3 Å². The number of alkyl halides is 5. The van der Waals surface area contributed by atoms with Crippen LogP contribution >= 0.6 is 24.0 Å². The number of benzene rings is 1. The van der Waals surface area contributed by atoms with Gasteiger partial charge in [-0.3, -0.25) is 4.79 Å². The van der Waals surface area contributed by atoms with Crippen LogP contribution in [-0.2, 0) is 9.59 Å². The molecule has 0 spiro atoms. The number of rotatable bonds is 4. The molecule has 0 aromatic heterocycles. The second-order valence-electron chi connectivity index (χ2n) is 4.85. The van der Waals surface area contributed by atoms with Gasteiger partial charge in [-0.25, -0.2) is 9.18 Å². The van der Waals surface area contributed by atoms with Gasteiger partial charge in [0.2, 0.25) is 0 Å². The van der Waals surface area contributed by atoms with Crippen molar-refractivity contribution in [2.45, 2.75) is 31.7 Å². The second-order valence-corrected chi connectivity index (χ2v) is 5.23. The standard InChI is InChI=1S/C12H16ClFN2O.C2HF3O2.ClH/c1-8(2)16(3)10-6-4-5-9(7-10)15-12(17)11(13)14;3-2(4,5)1(6)7;/h4-8,11H,1-3H3,(H,15,17);(H,6,7);1H. The molecule has 0 radical (unpaired) electrons. The van der Waals surface area contributed by atoms with E-state index in [1.807, 2.05) is 18.0 Å².